The van der Waals surface area contributed by atoms with Gasteiger partial charge in [0.1, 0.15) is 6.29 Å². The second kappa shape index (κ2) is 3.02. The van der Waals surface area contributed by atoms with Crippen LogP contribution in [-0.4, -0.2) is 6.29 Å². The van der Waals surface area contributed by atoms with Gasteiger partial charge in [0.15, 0.2) is 0 Å². The smallest absolute Gasteiger partial charge is 0.150 e. The Hall–Kier alpha value is -0.630. The van der Waals surface area contributed by atoms with Crippen LogP contribution in [-0.2, 0) is 12.8 Å². The molecule has 1 aromatic rings. The normalized spacial score (nSPS) is 14.4. The monoisotopic (exact) mass is 224 g/mol. The fourth-order valence-electron chi connectivity index (χ4n) is 1.80. The summed E-state index contributed by atoms with van der Waals surface area (Å²) in [7, 11) is 0. The van der Waals surface area contributed by atoms with Crippen molar-refractivity contribution in [2.24, 2.45) is 0 Å². The molecule has 12 heavy (non-hydrogen) atoms. The number of hydrogen-bond donors (Lipinski definition) is 0. The number of halogens is 1. The third-order valence-electron chi connectivity index (χ3n) is 2.39. The number of aldehydes is 1. The van der Waals surface area contributed by atoms with E-state index in [0.29, 0.717) is 0 Å². The summed E-state index contributed by atoms with van der Waals surface area (Å²) in [6.07, 6.45) is 4.30. The molecule has 0 bridgehead atoms. The quantitative estimate of drug-likeness (QED) is 0.671. The van der Waals surface area contributed by atoms with E-state index >= 15 is 0 Å². The molecule has 0 heterocycles. The molecule has 0 amide bonds. The molecule has 0 spiro atoms. The van der Waals surface area contributed by atoms with Gasteiger partial charge >= 0.3 is 0 Å². The maximum atomic E-state index is 10.7. The van der Waals surface area contributed by atoms with Crippen LogP contribution in [0.4, 0.5) is 0 Å². The van der Waals surface area contributed by atoms with Crippen LogP contribution >= 0.6 is 15.9 Å². The van der Waals surface area contributed by atoms with E-state index in [1.54, 1.807) is 0 Å². The Labute approximate surface area is 79.9 Å². The van der Waals surface area contributed by atoms with E-state index in [-0.39, 0.29) is 0 Å². The average Bonchev–Trinajstić information content (AvgIpc) is 2.54. The zero-order chi connectivity index (χ0) is 8.55. The lowest BCUT2D eigenvalue weighted by molar-refractivity contribution is 0.112. The van der Waals surface area contributed by atoms with Crippen LogP contribution in [0.5, 0.6) is 0 Å². The summed E-state index contributed by atoms with van der Waals surface area (Å²) in [6.45, 7) is 0. The van der Waals surface area contributed by atoms with E-state index < -0.39 is 0 Å². The Morgan fingerprint density at radius 3 is 2.75 bits per heavy atom. The highest BCUT2D eigenvalue weighted by molar-refractivity contribution is 9.10. The van der Waals surface area contributed by atoms with E-state index in [1.165, 1.54) is 17.5 Å². The molecule has 62 valence electrons. The molecule has 1 nitrogen and oxygen atoms in total. The molecule has 0 fully saturated rings. The average molecular weight is 225 g/mol. The van der Waals surface area contributed by atoms with Crippen molar-refractivity contribution in [1.29, 1.82) is 0 Å². The highest BCUT2D eigenvalue weighted by Crippen LogP contribution is 2.30. The van der Waals surface area contributed by atoms with Gasteiger partial charge in [0, 0.05) is 10.0 Å². The van der Waals surface area contributed by atoms with Gasteiger partial charge < -0.3 is 0 Å². The molecule has 2 heteroatoms. The maximum Gasteiger partial charge on any atom is 0.150 e. The van der Waals surface area contributed by atoms with Crippen LogP contribution in [0.2, 0.25) is 0 Å². The largest absolute Gasteiger partial charge is 0.298 e. The molecule has 1 aromatic carbocycles. The molecule has 1 aliphatic carbocycles. The van der Waals surface area contributed by atoms with Crippen molar-refractivity contribution in [2.45, 2.75) is 19.3 Å². The van der Waals surface area contributed by atoms with Gasteiger partial charge in [-0.15, -0.1) is 0 Å². The SMILES string of the molecule is O=Cc1ccc(Br)c2c1CCC2. The van der Waals surface area contributed by atoms with Crippen LogP contribution in [0.15, 0.2) is 16.6 Å². The van der Waals surface area contributed by atoms with Gasteiger partial charge in [-0.05, 0) is 36.5 Å². The molecule has 0 atom stereocenters. The summed E-state index contributed by atoms with van der Waals surface area (Å²) in [5.41, 5.74) is 3.45. The second-order valence-corrected chi connectivity index (χ2v) is 3.92. The number of carbonyl (C=O) groups is 1. The van der Waals surface area contributed by atoms with E-state index in [2.05, 4.69) is 15.9 Å². The second-order valence-electron chi connectivity index (χ2n) is 3.07. The number of rotatable bonds is 1. The van der Waals surface area contributed by atoms with Crippen molar-refractivity contribution in [3.05, 3.63) is 33.3 Å². The summed E-state index contributed by atoms with van der Waals surface area (Å²) < 4.78 is 1.15. The molecular formula is C10H9BrO. The van der Waals surface area contributed by atoms with Crippen LogP contribution < -0.4 is 0 Å². The molecular weight excluding hydrogens is 216 g/mol. The molecule has 1 aliphatic rings. The van der Waals surface area contributed by atoms with Crippen molar-refractivity contribution in [1.82, 2.24) is 0 Å². The molecule has 0 saturated carbocycles. The van der Waals surface area contributed by atoms with Gasteiger partial charge in [0.05, 0.1) is 0 Å². The summed E-state index contributed by atoms with van der Waals surface area (Å²) in [5, 5.41) is 0. The lowest BCUT2D eigenvalue weighted by Crippen LogP contribution is -1.91. The van der Waals surface area contributed by atoms with E-state index in [9.17, 15) is 4.79 Å². The van der Waals surface area contributed by atoms with Crippen LogP contribution in [0, 0.1) is 0 Å². The number of fused-ring (bicyclic) bond motifs is 1. The van der Waals surface area contributed by atoms with E-state index in [4.69, 9.17) is 0 Å². The first-order valence-corrected chi connectivity index (χ1v) is 4.87. The van der Waals surface area contributed by atoms with Gasteiger partial charge in [-0.25, -0.2) is 0 Å². The predicted molar refractivity (Wildman–Crippen MR) is 51.6 cm³/mol. The van der Waals surface area contributed by atoms with Crippen molar-refractivity contribution < 1.29 is 4.79 Å². The molecule has 0 saturated heterocycles. The third-order valence-corrected chi connectivity index (χ3v) is 3.13. The molecule has 0 unspecified atom stereocenters. The number of carbonyl (C=O) groups excluding carboxylic acids is 1. The van der Waals surface area contributed by atoms with Crippen LogP contribution in [0.25, 0.3) is 0 Å². The number of hydrogen-bond acceptors (Lipinski definition) is 1. The number of benzene rings is 1. The van der Waals surface area contributed by atoms with E-state index in [0.717, 1.165) is 29.2 Å². The minimum Gasteiger partial charge on any atom is -0.298 e. The minimum atomic E-state index is 0.866. The summed E-state index contributed by atoms with van der Waals surface area (Å²) in [4.78, 5) is 10.7. The van der Waals surface area contributed by atoms with Crippen molar-refractivity contribution in [2.75, 3.05) is 0 Å². The van der Waals surface area contributed by atoms with Gasteiger partial charge in [0.25, 0.3) is 0 Å². The maximum absolute atomic E-state index is 10.7. The summed E-state index contributed by atoms with van der Waals surface area (Å²) in [5.74, 6) is 0. The minimum absolute atomic E-state index is 0.866. The van der Waals surface area contributed by atoms with Gasteiger partial charge in [-0.3, -0.25) is 4.79 Å². The Morgan fingerprint density at radius 1 is 1.25 bits per heavy atom. The highest BCUT2D eigenvalue weighted by atomic mass is 79.9. The van der Waals surface area contributed by atoms with Gasteiger partial charge in [-0.1, -0.05) is 22.0 Å². The predicted octanol–water partition coefficient (Wildman–Crippen LogP) is 2.75. The highest BCUT2D eigenvalue weighted by Gasteiger charge is 2.16. The molecule has 0 aliphatic heterocycles. The van der Waals surface area contributed by atoms with Crippen LogP contribution in [0.3, 0.4) is 0 Å². The summed E-state index contributed by atoms with van der Waals surface area (Å²) >= 11 is 3.49. The Morgan fingerprint density at radius 2 is 2.00 bits per heavy atom. The first-order chi connectivity index (χ1) is 5.83. The van der Waals surface area contributed by atoms with Crippen molar-refractivity contribution in [3.63, 3.8) is 0 Å². The summed E-state index contributed by atoms with van der Waals surface area (Å²) in [6, 6.07) is 3.86. The fourth-order valence-corrected chi connectivity index (χ4v) is 2.37. The lowest BCUT2D eigenvalue weighted by atomic mass is 10.0. The zero-order valence-electron chi connectivity index (χ0n) is 6.64. The fraction of sp³-hybridized carbons (Fsp3) is 0.300. The third kappa shape index (κ3) is 1.11. The van der Waals surface area contributed by atoms with Gasteiger partial charge in [0.2, 0.25) is 0 Å². The Balaban J connectivity index is 2.64. The topological polar surface area (TPSA) is 17.1 Å². The Bertz CT molecular complexity index is 331. The molecule has 0 radical (unpaired) electrons. The van der Waals surface area contributed by atoms with E-state index in [1.807, 2.05) is 12.1 Å². The van der Waals surface area contributed by atoms with Crippen molar-refractivity contribution >= 4 is 22.2 Å². The first-order valence-electron chi connectivity index (χ1n) is 4.08. The molecule has 2 rings (SSSR count). The van der Waals surface area contributed by atoms with Crippen molar-refractivity contribution in [3.8, 4) is 0 Å². The standard InChI is InChI=1S/C10H9BrO/c11-10-5-4-7(6-12)8-2-1-3-9(8)10/h4-6H,1-3H2. The molecule has 0 N–H and O–H groups in total. The lowest BCUT2D eigenvalue weighted by Gasteiger charge is -2.03. The first kappa shape index (κ1) is 7.99. The zero-order valence-corrected chi connectivity index (χ0v) is 8.23. The van der Waals surface area contributed by atoms with Gasteiger partial charge in [-0.2, -0.15) is 0 Å². The molecule has 0 aromatic heterocycles. The van der Waals surface area contributed by atoms with Crippen LogP contribution in [0.1, 0.15) is 27.9 Å². The Kier molecular flexibility index (Phi) is 2.01.